The lowest BCUT2D eigenvalue weighted by Gasteiger charge is -2.17. The van der Waals surface area contributed by atoms with Gasteiger partial charge in [0, 0.05) is 13.1 Å². The quantitative estimate of drug-likeness (QED) is 0.591. The zero-order valence-corrected chi connectivity index (χ0v) is 12.4. The number of sulfonamides is 1. The molecule has 0 saturated heterocycles. The van der Waals surface area contributed by atoms with Gasteiger partial charge in [0.05, 0.1) is 5.25 Å². The topological polar surface area (TPSA) is 58.2 Å². The summed E-state index contributed by atoms with van der Waals surface area (Å²) >= 11 is 0. The third-order valence-corrected chi connectivity index (χ3v) is 4.91. The highest BCUT2D eigenvalue weighted by Crippen LogP contribution is 2.07. The molecule has 0 aromatic rings. The average molecular weight is 264 g/mol. The highest BCUT2D eigenvalue weighted by atomic mass is 32.2. The Morgan fingerprint density at radius 2 is 1.65 bits per heavy atom. The van der Waals surface area contributed by atoms with E-state index in [0.29, 0.717) is 19.0 Å². The zero-order chi connectivity index (χ0) is 13.3. The summed E-state index contributed by atoms with van der Waals surface area (Å²) in [7, 11) is -3.17. The first-order valence-electron chi connectivity index (χ1n) is 6.67. The lowest BCUT2D eigenvalue weighted by molar-refractivity contribution is 0.475. The zero-order valence-electron chi connectivity index (χ0n) is 11.6. The summed E-state index contributed by atoms with van der Waals surface area (Å²) in [6, 6.07) is 0. The van der Waals surface area contributed by atoms with Gasteiger partial charge in [0.15, 0.2) is 0 Å². The van der Waals surface area contributed by atoms with Gasteiger partial charge in [0.2, 0.25) is 10.0 Å². The Morgan fingerprint density at radius 1 is 1.06 bits per heavy atom. The van der Waals surface area contributed by atoms with Gasteiger partial charge in [-0.2, -0.15) is 0 Å². The van der Waals surface area contributed by atoms with E-state index >= 15 is 0 Å². The largest absolute Gasteiger partial charge is 0.315 e. The maximum Gasteiger partial charge on any atom is 0.215 e. The van der Waals surface area contributed by atoms with E-state index in [4.69, 9.17) is 0 Å². The Balaban J connectivity index is 4.08. The molecule has 0 aliphatic carbocycles. The van der Waals surface area contributed by atoms with Crippen LogP contribution in [-0.2, 0) is 10.0 Å². The number of rotatable bonds is 10. The normalized spacial score (nSPS) is 14.2. The third kappa shape index (κ3) is 7.01. The van der Waals surface area contributed by atoms with E-state index in [0.717, 1.165) is 25.8 Å². The molecule has 0 spiro atoms. The van der Waals surface area contributed by atoms with Gasteiger partial charge in [-0.25, -0.2) is 13.1 Å². The van der Waals surface area contributed by atoms with Gasteiger partial charge in [0.1, 0.15) is 0 Å². The maximum absolute atomic E-state index is 11.9. The highest BCUT2D eigenvalue weighted by Gasteiger charge is 2.20. The van der Waals surface area contributed by atoms with Crippen molar-refractivity contribution in [2.75, 3.05) is 19.6 Å². The fourth-order valence-corrected chi connectivity index (χ4v) is 2.64. The molecule has 0 bridgehead atoms. The predicted octanol–water partition coefficient (Wildman–Crippen LogP) is 1.73. The van der Waals surface area contributed by atoms with Crippen LogP contribution < -0.4 is 10.0 Å². The summed E-state index contributed by atoms with van der Waals surface area (Å²) in [5.74, 6) is 0.445. The van der Waals surface area contributed by atoms with Crippen LogP contribution in [0.25, 0.3) is 0 Å². The van der Waals surface area contributed by atoms with Crippen molar-refractivity contribution in [2.45, 2.75) is 52.2 Å². The van der Waals surface area contributed by atoms with Crippen LogP contribution in [0.15, 0.2) is 0 Å². The minimum Gasteiger partial charge on any atom is -0.315 e. The van der Waals surface area contributed by atoms with Gasteiger partial charge in [0.25, 0.3) is 0 Å². The summed E-state index contributed by atoms with van der Waals surface area (Å²) in [4.78, 5) is 0. The molecule has 0 aliphatic rings. The van der Waals surface area contributed by atoms with Crippen molar-refractivity contribution in [1.82, 2.24) is 10.0 Å². The predicted molar refractivity (Wildman–Crippen MR) is 73.6 cm³/mol. The van der Waals surface area contributed by atoms with Crippen LogP contribution in [0.3, 0.4) is 0 Å². The Hall–Kier alpha value is -0.130. The average Bonchev–Trinajstić information content (AvgIpc) is 2.30. The third-order valence-electron chi connectivity index (χ3n) is 3.12. The van der Waals surface area contributed by atoms with E-state index in [1.54, 1.807) is 6.92 Å². The second kappa shape index (κ2) is 8.89. The SMILES string of the molecule is CCCNCC(C)S(=O)(=O)NCC(CC)CC. The fourth-order valence-electron chi connectivity index (χ4n) is 1.55. The van der Waals surface area contributed by atoms with Crippen LogP contribution in [0.5, 0.6) is 0 Å². The smallest absolute Gasteiger partial charge is 0.215 e. The van der Waals surface area contributed by atoms with E-state index in [-0.39, 0.29) is 5.25 Å². The monoisotopic (exact) mass is 264 g/mol. The van der Waals surface area contributed by atoms with Gasteiger partial charge >= 0.3 is 0 Å². The molecular formula is C12H28N2O2S. The second-order valence-electron chi connectivity index (χ2n) is 4.59. The molecule has 1 atom stereocenters. The molecule has 0 aromatic heterocycles. The van der Waals surface area contributed by atoms with Crippen molar-refractivity contribution < 1.29 is 8.42 Å². The summed E-state index contributed by atoms with van der Waals surface area (Å²) in [6.45, 7) is 9.95. The summed E-state index contributed by atoms with van der Waals surface area (Å²) in [6.07, 6.45) is 3.05. The Labute approximate surface area is 107 Å². The molecule has 0 amide bonds. The lowest BCUT2D eigenvalue weighted by atomic mass is 10.0. The van der Waals surface area contributed by atoms with Gasteiger partial charge in [-0.15, -0.1) is 0 Å². The number of hydrogen-bond donors (Lipinski definition) is 2. The van der Waals surface area contributed by atoms with E-state index in [1.165, 1.54) is 0 Å². The minimum atomic E-state index is -3.17. The molecule has 0 heterocycles. The van der Waals surface area contributed by atoms with Crippen LogP contribution in [0, 0.1) is 5.92 Å². The second-order valence-corrected chi connectivity index (χ2v) is 6.77. The van der Waals surface area contributed by atoms with E-state index in [9.17, 15) is 8.42 Å². The number of hydrogen-bond acceptors (Lipinski definition) is 3. The fraction of sp³-hybridized carbons (Fsp3) is 1.00. The van der Waals surface area contributed by atoms with Crippen LogP contribution in [0.4, 0.5) is 0 Å². The van der Waals surface area contributed by atoms with Crippen LogP contribution in [-0.4, -0.2) is 33.3 Å². The van der Waals surface area contributed by atoms with Crippen molar-refractivity contribution >= 4 is 10.0 Å². The first kappa shape index (κ1) is 16.9. The highest BCUT2D eigenvalue weighted by molar-refractivity contribution is 7.90. The molecule has 17 heavy (non-hydrogen) atoms. The number of nitrogens with one attached hydrogen (secondary N) is 2. The molecule has 0 saturated carbocycles. The van der Waals surface area contributed by atoms with Crippen molar-refractivity contribution in [2.24, 2.45) is 5.92 Å². The molecule has 1 unspecified atom stereocenters. The van der Waals surface area contributed by atoms with Gasteiger partial charge < -0.3 is 5.32 Å². The van der Waals surface area contributed by atoms with Gasteiger partial charge in [-0.3, -0.25) is 0 Å². The van der Waals surface area contributed by atoms with E-state index < -0.39 is 10.0 Å². The van der Waals surface area contributed by atoms with Crippen LogP contribution in [0.1, 0.15) is 47.0 Å². The molecule has 0 aromatic carbocycles. The van der Waals surface area contributed by atoms with Gasteiger partial charge in [-0.05, 0) is 25.8 Å². The standard InChI is InChI=1S/C12H28N2O2S/c1-5-8-13-9-11(4)17(15,16)14-10-12(6-2)7-3/h11-14H,5-10H2,1-4H3. The Morgan fingerprint density at radius 3 is 2.12 bits per heavy atom. The van der Waals surface area contributed by atoms with Crippen LogP contribution in [0.2, 0.25) is 0 Å². The molecule has 5 heteroatoms. The van der Waals surface area contributed by atoms with E-state index in [1.807, 2.05) is 0 Å². The van der Waals surface area contributed by atoms with Crippen molar-refractivity contribution in [3.8, 4) is 0 Å². The van der Waals surface area contributed by atoms with Crippen LogP contribution >= 0.6 is 0 Å². The lowest BCUT2D eigenvalue weighted by Crippen LogP contribution is -2.40. The maximum atomic E-state index is 11.9. The molecule has 104 valence electrons. The first-order valence-corrected chi connectivity index (χ1v) is 8.21. The van der Waals surface area contributed by atoms with Crippen molar-refractivity contribution in [1.29, 1.82) is 0 Å². The molecule has 4 nitrogen and oxygen atoms in total. The Bertz CT molecular complexity index is 274. The summed E-state index contributed by atoms with van der Waals surface area (Å²) < 4.78 is 26.5. The minimum absolute atomic E-state index is 0.372. The Kier molecular flexibility index (Phi) is 8.82. The molecule has 0 rings (SSSR count). The van der Waals surface area contributed by atoms with E-state index in [2.05, 4.69) is 30.8 Å². The molecular weight excluding hydrogens is 236 g/mol. The first-order chi connectivity index (χ1) is 7.97. The van der Waals surface area contributed by atoms with Crippen molar-refractivity contribution in [3.05, 3.63) is 0 Å². The molecule has 0 radical (unpaired) electrons. The molecule has 2 N–H and O–H groups in total. The summed E-state index contributed by atoms with van der Waals surface area (Å²) in [5.41, 5.74) is 0. The summed E-state index contributed by atoms with van der Waals surface area (Å²) in [5, 5.41) is 2.77. The molecule has 0 fully saturated rings. The molecule has 0 aliphatic heterocycles. The van der Waals surface area contributed by atoms with Gasteiger partial charge in [-0.1, -0.05) is 33.6 Å². The van der Waals surface area contributed by atoms with Crippen molar-refractivity contribution in [3.63, 3.8) is 0 Å².